The fraction of sp³-hybridized carbons (Fsp3) is 0.435. The predicted molar refractivity (Wildman–Crippen MR) is 111 cm³/mol. The minimum atomic E-state index is -4.94. The van der Waals surface area contributed by atoms with Gasteiger partial charge in [-0.15, -0.1) is 10.2 Å². The standard InChI is InChI=1S/C23H22F6N4O2/c1-13(15-7-17(22(24,25)26)10-18(8-15)23(27,28)29)35-19-12-34-11-16(9-20-30-32-33-31-20)21(19)14-5-3-2-4-6-14/h2-8,10,13,16,19,21H,9,11-12H2,1H3,(H,30,31,32,33)/t13-,16-,19+,21+/m1/s1. The highest BCUT2D eigenvalue weighted by atomic mass is 19.4. The molecule has 3 aromatic rings. The first-order chi connectivity index (χ1) is 16.5. The van der Waals surface area contributed by atoms with E-state index in [0.29, 0.717) is 31.0 Å². The topological polar surface area (TPSA) is 72.9 Å². The van der Waals surface area contributed by atoms with Gasteiger partial charge in [0.05, 0.1) is 36.5 Å². The van der Waals surface area contributed by atoms with E-state index in [-0.39, 0.29) is 30.1 Å². The molecular weight excluding hydrogens is 478 g/mol. The molecule has 0 saturated carbocycles. The van der Waals surface area contributed by atoms with Crippen LogP contribution in [-0.2, 0) is 28.2 Å². The molecule has 1 N–H and O–H groups in total. The van der Waals surface area contributed by atoms with E-state index in [9.17, 15) is 26.3 Å². The van der Waals surface area contributed by atoms with E-state index in [1.165, 1.54) is 6.92 Å². The van der Waals surface area contributed by atoms with E-state index in [0.717, 1.165) is 5.56 Å². The minimum Gasteiger partial charge on any atom is -0.378 e. The van der Waals surface area contributed by atoms with E-state index in [1.807, 2.05) is 30.3 Å². The SMILES string of the molecule is C[C@@H](O[C@H]1COC[C@@H](Cc2nn[nH]n2)[C@@H]1c1ccccc1)c1cc(C(F)(F)F)cc(C(F)(F)F)c1. The Bertz CT molecular complexity index is 1070. The highest BCUT2D eigenvalue weighted by molar-refractivity contribution is 5.35. The van der Waals surface area contributed by atoms with Gasteiger partial charge >= 0.3 is 12.4 Å². The predicted octanol–water partition coefficient (Wildman–Crippen LogP) is 5.36. The fourth-order valence-corrected chi connectivity index (χ4v) is 4.38. The van der Waals surface area contributed by atoms with Crippen LogP contribution in [0.1, 0.15) is 47.0 Å². The van der Waals surface area contributed by atoms with Crippen molar-refractivity contribution in [3.8, 4) is 0 Å². The maximum atomic E-state index is 13.3. The molecule has 4 rings (SSSR count). The van der Waals surface area contributed by atoms with Gasteiger partial charge in [0, 0.05) is 12.3 Å². The molecule has 1 fully saturated rings. The van der Waals surface area contributed by atoms with Crippen molar-refractivity contribution in [2.75, 3.05) is 13.2 Å². The Hall–Kier alpha value is -2.99. The average Bonchev–Trinajstić information content (AvgIpc) is 3.31. The molecule has 0 amide bonds. The molecule has 2 aromatic carbocycles. The number of hydrogen-bond acceptors (Lipinski definition) is 5. The molecule has 6 nitrogen and oxygen atoms in total. The number of nitrogens with zero attached hydrogens (tertiary/aromatic N) is 3. The number of hydrogen-bond donors (Lipinski definition) is 1. The van der Waals surface area contributed by atoms with Crippen LogP contribution in [0.4, 0.5) is 26.3 Å². The lowest BCUT2D eigenvalue weighted by molar-refractivity contribution is -0.143. The Kier molecular flexibility index (Phi) is 7.13. The van der Waals surface area contributed by atoms with Crippen LogP contribution in [0.25, 0.3) is 0 Å². The van der Waals surface area contributed by atoms with Gasteiger partial charge in [-0.3, -0.25) is 0 Å². The molecule has 0 radical (unpaired) electrons. The monoisotopic (exact) mass is 500 g/mol. The van der Waals surface area contributed by atoms with Crippen molar-refractivity contribution < 1.29 is 35.8 Å². The molecule has 35 heavy (non-hydrogen) atoms. The molecule has 0 bridgehead atoms. The highest BCUT2D eigenvalue weighted by Crippen LogP contribution is 2.41. The van der Waals surface area contributed by atoms with Crippen molar-refractivity contribution in [1.29, 1.82) is 0 Å². The molecule has 0 unspecified atom stereocenters. The van der Waals surface area contributed by atoms with Gasteiger partial charge in [-0.05, 0) is 42.2 Å². The third kappa shape index (κ3) is 5.99. The first-order valence-electron chi connectivity index (χ1n) is 10.8. The molecule has 12 heteroatoms. The maximum absolute atomic E-state index is 13.3. The second-order valence-corrected chi connectivity index (χ2v) is 8.42. The Morgan fingerprint density at radius 3 is 2.23 bits per heavy atom. The van der Waals surface area contributed by atoms with Gasteiger partial charge in [0.25, 0.3) is 0 Å². The summed E-state index contributed by atoms with van der Waals surface area (Å²) in [5.41, 5.74) is -2.08. The number of benzene rings is 2. The van der Waals surface area contributed by atoms with Crippen LogP contribution in [0.15, 0.2) is 48.5 Å². The van der Waals surface area contributed by atoms with Gasteiger partial charge in [0.2, 0.25) is 0 Å². The zero-order valence-corrected chi connectivity index (χ0v) is 18.5. The smallest absolute Gasteiger partial charge is 0.378 e. The van der Waals surface area contributed by atoms with Crippen LogP contribution in [0.3, 0.4) is 0 Å². The molecule has 0 aliphatic carbocycles. The number of rotatable bonds is 6. The first-order valence-corrected chi connectivity index (χ1v) is 10.8. The fourth-order valence-electron chi connectivity index (χ4n) is 4.38. The molecule has 0 spiro atoms. The van der Waals surface area contributed by atoms with E-state index >= 15 is 0 Å². The number of nitrogens with one attached hydrogen (secondary N) is 1. The van der Waals surface area contributed by atoms with Crippen molar-refractivity contribution in [3.05, 3.63) is 76.6 Å². The summed E-state index contributed by atoms with van der Waals surface area (Å²) in [5.74, 6) is 0.0351. The number of ether oxygens (including phenoxy) is 2. The molecule has 4 atom stereocenters. The number of tetrazole rings is 1. The van der Waals surface area contributed by atoms with Gasteiger partial charge in [-0.2, -0.15) is 31.6 Å². The van der Waals surface area contributed by atoms with Crippen molar-refractivity contribution in [1.82, 2.24) is 20.6 Å². The van der Waals surface area contributed by atoms with E-state index in [2.05, 4.69) is 20.6 Å². The lowest BCUT2D eigenvalue weighted by Crippen LogP contribution is -2.41. The number of aromatic nitrogens is 4. The molecule has 1 aliphatic heterocycles. The van der Waals surface area contributed by atoms with Gasteiger partial charge in [0.15, 0.2) is 5.82 Å². The zero-order chi connectivity index (χ0) is 25.2. The van der Waals surface area contributed by atoms with E-state index < -0.39 is 35.7 Å². The second-order valence-electron chi connectivity index (χ2n) is 8.42. The summed E-state index contributed by atoms with van der Waals surface area (Å²) in [5, 5.41) is 13.9. The van der Waals surface area contributed by atoms with Crippen molar-refractivity contribution >= 4 is 0 Å². The summed E-state index contributed by atoms with van der Waals surface area (Å²) >= 11 is 0. The maximum Gasteiger partial charge on any atom is 0.416 e. The van der Waals surface area contributed by atoms with E-state index in [1.54, 1.807) is 0 Å². The van der Waals surface area contributed by atoms with Crippen molar-refractivity contribution in [2.45, 2.75) is 43.8 Å². The molecule has 1 aromatic heterocycles. The molecule has 1 aliphatic rings. The number of alkyl halides is 6. The molecular formula is C23H22F6N4O2. The Morgan fingerprint density at radius 1 is 1.00 bits per heavy atom. The molecule has 2 heterocycles. The lowest BCUT2D eigenvalue weighted by Gasteiger charge is -2.39. The largest absolute Gasteiger partial charge is 0.416 e. The third-order valence-corrected chi connectivity index (χ3v) is 6.00. The van der Waals surface area contributed by atoms with Crippen LogP contribution in [0.5, 0.6) is 0 Å². The van der Waals surface area contributed by atoms with E-state index in [4.69, 9.17) is 9.47 Å². The van der Waals surface area contributed by atoms with Crippen LogP contribution in [0, 0.1) is 5.92 Å². The molecule has 1 saturated heterocycles. The number of aromatic amines is 1. The summed E-state index contributed by atoms with van der Waals surface area (Å²) in [6.07, 6.45) is -11.2. The second kappa shape index (κ2) is 9.94. The van der Waals surface area contributed by atoms with Crippen LogP contribution in [-0.4, -0.2) is 39.9 Å². The normalized spacial score (nSPS) is 22.2. The van der Waals surface area contributed by atoms with Gasteiger partial charge in [-0.1, -0.05) is 35.5 Å². The summed E-state index contributed by atoms with van der Waals surface area (Å²) in [6.45, 7) is 1.91. The summed E-state index contributed by atoms with van der Waals surface area (Å²) < 4.78 is 91.8. The molecule has 188 valence electrons. The lowest BCUT2D eigenvalue weighted by atomic mass is 9.79. The van der Waals surface area contributed by atoms with Gasteiger partial charge < -0.3 is 9.47 Å². The summed E-state index contributed by atoms with van der Waals surface area (Å²) in [7, 11) is 0. The van der Waals surface area contributed by atoms with Crippen molar-refractivity contribution in [2.24, 2.45) is 5.92 Å². The van der Waals surface area contributed by atoms with Crippen molar-refractivity contribution in [3.63, 3.8) is 0 Å². The summed E-state index contributed by atoms with van der Waals surface area (Å²) in [6, 6.07) is 10.8. The Labute approximate surface area is 196 Å². The van der Waals surface area contributed by atoms with Gasteiger partial charge in [0.1, 0.15) is 0 Å². The Morgan fingerprint density at radius 2 is 1.66 bits per heavy atom. The third-order valence-electron chi connectivity index (χ3n) is 6.00. The quantitative estimate of drug-likeness (QED) is 0.462. The minimum absolute atomic E-state index is 0.105. The average molecular weight is 500 g/mol. The zero-order valence-electron chi connectivity index (χ0n) is 18.5. The first kappa shape index (κ1) is 25.1. The summed E-state index contributed by atoms with van der Waals surface area (Å²) in [4.78, 5) is 0. The highest BCUT2D eigenvalue weighted by Gasteiger charge is 2.40. The van der Waals surface area contributed by atoms with Crippen LogP contribution < -0.4 is 0 Å². The van der Waals surface area contributed by atoms with Crippen LogP contribution in [0.2, 0.25) is 0 Å². The number of halogens is 6. The van der Waals surface area contributed by atoms with Gasteiger partial charge in [-0.25, -0.2) is 0 Å². The number of H-pyrrole nitrogens is 1. The van der Waals surface area contributed by atoms with Crippen LogP contribution >= 0.6 is 0 Å². The Balaban J connectivity index is 1.64.